The van der Waals surface area contributed by atoms with E-state index in [1.54, 1.807) is 11.8 Å². The lowest BCUT2D eigenvalue weighted by Gasteiger charge is -2.03. The minimum Gasteiger partial charge on any atom is -0.388 e. The van der Waals surface area contributed by atoms with Crippen LogP contribution in [0.15, 0.2) is 23.1 Å². The molecule has 0 fully saturated rings. The van der Waals surface area contributed by atoms with Crippen LogP contribution in [0, 0.1) is 13.8 Å². The predicted molar refractivity (Wildman–Crippen MR) is 69.8 cm³/mol. The largest absolute Gasteiger partial charge is 0.388 e. The van der Waals surface area contributed by atoms with Gasteiger partial charge in [-0.1, -0.05) is 10.6 Å². The van der Waals surface area contributed by atoms with Crippen LogP contribution in [-0.2, 0) is 5.75 Å². The van der Waals surface area contributed by atoms with Crippen molar-refractivity contribution in [3.63, 3.8) is 0 Å². The summed E-state index contributed by atoms with van der Waals surface area (Å²) in [4.78, 5) is 1.25. The summed E-state index contributed by atoms with van der Waals surface area (Å²) in [6.45, 7) is 4.24. The Kier molecular flexibility index (Phi) is 3.46. The molecule has 0 saturated heterocycles. The van der Waals surface area contributed by atoms with E-state index < -0.39 is 0 Å². The topological polar surface area (TPSA) is 51.8 Å². The van der Waals surface area contributed by atoms with Gasteiger partial charge in [-0.15, -0.1) is 16.9 Å². The Morgan fingerprint density at radius 2 is 2.12 bits per heavy atom. The maximum atomic E-state index is 5.74. The molecule has 0 aliphatic rings. The number of nitrogens with zero attached hydrogens (tertiary/aromatic N) is 2. The van der Waals surface area contributed by atoms with Crippen LogP contribution in [0.5, 0.6) is 0 Å². The molecule has 0 spiro atoms. The summed E-state index contributed by atoms with van der Waals surface area (Å²) in [5.74, 6) is 0.783. The van der Waals surface area contributed by atoms with E-state index in [1.807, 2.05) is 0 Å². The van der Waals surface area contributed by atoms with E-state index in [1.165, 1.54) is 27.6 Å². The summed E-state index contributed by atoms with van der Waals surface area (Å²) in [6.07, 6.45) is 0. The van der Waals surface area contributed by atoms with Gasteiger partial charge >= 0.3 is 0 Å². The first kappa shape index (κ1) is 11.4. The van der Waals surface area contributed by atoms with Gasteiger partial charge in [0.2, 0.25) is 0 Å². The van der Waals surface area contributed by atoms with Crippen molar-refractivity contribution in [2.45, 2.75) is 24.5 Å². The zero-order valence-corrected chi connectivity index (χ0v) is 10.9. The molecule has 0 radical (unpaired) electrons. The molecule has 16 heavy (non-hydrogen) atoms. The van der Waals surface area contributed by atoms with Gasteiger partial charge in [0.1, 0.15) is 10.7 Å². The number of aryl methyl sites for hydroxylation is 2. The maximum Gasteiger partial charge on any atom is 0.131 e. The highest BCUT2D eigenvalue weighted by Crippen LogP contribution is 2.26. The molecular formula is C11H13N3S2. The Bertz CT molecular complexity index is 494. The number of thioether (sulfide) groups is 1. The van der Waals surface area contributed by atoms with E-state index in [9.17, 15) is 0 Å². The van der Waals surface area contributed by atoms with Crippen LogP contribution in [0.25, 0.3) is 0 Å². The predicted octanol–water partition coefficient (Wildman–Crippen LogP) is 3.03. The summed E-state index contributed by atoms with van der Waals surface area (Å²) in [5.41, 5.74) is 9.25. The van der Waals surface area contributed by atoms with Gasteiger partial charge in [0.05, 0.1) is 0 Å². The first-order chi connectivity index (χ1) is 7.66. The SMILES string of the molecule is Cc1ccc(SCc2nnsc2N)cc1C. The second-order valence-electron chi connectivity index (χ2n) is 3.62. The van der Waals surface area contributed by atoms with Crippen molar-refractivity contribution in [3.05, 3.63) is 35.0 Å². The minimum absolute atomic E-state index is 0.719. The zero-order chi connectivity index (χ0) is 11.5. The molecule has 1 aromatic carbocycles. The molecule has 0 amide bonds. The van der Waals surface area contributed by atoms with E-state index in [2.05, 4.69) is 41.6 Å². The van der Waals surface area contributed by atoms with Crippen molar-refractivity contribution in [3.8, 4) is 0 Å². The quantitative estimate of drug-likeness (QED) is 0.852. The Morgan fingerprint density at radius 3 is 2.75 bits per heavy atom. The van der Waals surface area contributed by atoms with E-state index in [4.69, 9.17) is 5.73 Å². The molecule has 0 saturated carbocycles. The summed E-state index contributed by atoms with van der Waals surface area (Å²) >= 11 is 2.99. The highest BCUT2D eigenvalue weighted by molar-refractivity contribution is 7.98. The third-order valence-electron chi connectivity index (χ3n) is 2.44. The van der Waals surface area contributed by atoms with Crippen molar-refractivity contribution in [1.82, 2.24) is 9.59 Å². The van der Waals surface area contributed by atoms with E-state index in [0.717, 1.165) is 16.4 Å². The summed E-state index contributed by atoms with van der Waals surface area (Å²) in [7, 11) is 0. The van der Waals surface area contributed by atoms with Gasteiger partial charge < -0.3 is 5.73 Å². The van der Waals surface area contributed by atoms with Crippen LogP contribution in [0.1, 0.15) is 16.8 Å². The molecule has 1 aromatic heterocycles. The van der Waals surface area contributed by atoms with Crippen LogP contribution >= 0.6 is 23.3 Å². The van der Waals surface area contributed by atoms with Crippen LogP contribution in [-0.4, -0.2) is 9.59 Å². The number of benzene rings is 1. The van der Waals surface area contributed by atoms with Gasteiger partial charge in [-0.05, 0) is 37.1 Å². The van der Waals surface area contributed by atoms with Crippen molar-refractivity contribution < 1.29 is 0 Å². The van der Waals surface area contributed by atoms with Crippen molar-refractivity contribution in [2.24, 2.45) is 0 Å². The normalized spacial score (nSPS) is 10.6. The molecule has 0 aliphatic heterocycles. The van der Waals surface area contributed by atoms with Crippen LogP contribution in [0.4, 0.5) is 5.00 Å². The lowest BCUT2D eigenvalue weighted by atomic mass is 10.1. The van der Waals surface area contributed by atoms with Crippen molar-refractivity contribution in [1.29, 1.82) is 0 Å². The van der Waals surface area contributed by atoms with Gasteiger partial charge in [-0.25, -0.2) is 0 Å². The number of anilines is 1. The van der Waals surface area contributed by atoms with E-state index >= 15 is 0 Å². The molecule has 0 bridgehead atoms. The zero-order valence-electron chi connectivity index (χ0n) is 9.23. The van der Waals surface area contributed by atoms with Gasteiger partial charge in [-0.2, -0.15) is 0 Å². The van der Waals surface area contributed by atoms with Gasteiger partial charge in [0, 0.05) is 22.2 Å². The summed E-state index contributed by atoms with van der Waals surface area (Å²) in [6, 6.07) is 6.46. The van der Waals surface area contributed by atoms with Crippen LogP contribution in [0.2, 0.25) is 0 Å². The van der Waals surface area contributed by atoms with Crippen LogP contribution in [0.3, 0.4) is 0 Å². The molecule has 0 aliphatic carbocycles. The fourth-order valence-electron chi connectivity index (χ4n) is 1.27. The van der Waals surface area contributed by atoms with Gasteiger partial charge in [-0.3, -0.25) is 0 Å². The first-order valence-corrected chi connectivity index (χ1v) is 6.69. The lowest BCUT2D eigenvalue weighted by molar-refractivity contribution is 1.08. The van der Waals surface area contributed by atoms with Crippen molar-refractivity contribution >= 4 is 28.3 Å². The first-order valence-electron chi connectivity index (χ1n) is 4.93. The van der Waals surface area contributed by atoms with Gasteiger partial charge in [0.25, 0.3) is 0 Å². The molecule has 2 aromatic rings. The number of hydrogen-bond acceptors (Lipinski definition) is 5. The average molecular weight is 251 g/mol. The molecule has 3 nitrogen and oxygen atoms in total. The Labute approximate surface area is 103 Å². The molecule has 2 rings (SSSR count). The third kappa shape index (κ3) is 2.54. The van der Waals surface area contributed by atoms with Crippen LogP contribution < -0.4 is 5.73 Å². The standard InChI is InChI=1S/C11H13N3S2/c1-7-3-4-9(5-8(7)2)15-6-10-11(12)16-14-13-10/h3-5H,6,12H2,1-2H3. The molecule has 1 heterocycles. The minimum atomic E-state index is 0.719. The molecule has 0 atom stereocenters. The highest BCUT2D eigenvalue weighted by atomic mass is 32.2. The molecular weight excluding hydrogens is 238 g/mol. The number of nitrogens with two attached hydrogens (primary N) is 1. The molecule has 5 heteroatoms. The van der Waals surface area contributed by atoms with Crippen molar-refractivity contribution in [2.75, 3.05) is 5.73 Å². The maximum absolute atomic E-state index is 5.74. The number of rotatable bonds is 3. The smallest absolute Gasteiger partial charge is 0.131 e. The van der Waals surface area contributed by atoms with E-state index in [0.29, 0.717) is 0 Å². The monoisotopic (exact) mass is 251 g/mol. The molecule has 0 unspecified atom stereocenters. The highest BCUT2D eigenvalue weighted by Gasteiger charge is 2.05. The lowest BCUT2D eigenvalue weighted by Crippen LogP contribution is -1.89. The fourth-order valence-corrected chi connectivity index (χ4v) is 2.75. The molecule has 84 valence electrons. The fraction of sp³-hybridized carbons (Fsp3) is 0.273. The summed E-state index contributed by atoms with van der Waals surface area (Å²) in [5, 5.41) is 4.71. The number of aromatic nitrogens is 2. The second-order valence-corrected chi connectivity index (χ2v) is 5.45. The third-order valence-corrected chi connectivity index (χ3v) is 4.04. The number of nitrogen functional groups attached to an aromatic ring is 1. The van der Waals surface area contributed by atoms with E-state index in [-0.39, 0.29) is 0 Å². The second kappa shape index (κ2) is 4.84. The number of hydrogen-bond donors (Lipinski definition) is 1. The van der Waals surface area contributed by atoms with Gasteiger partial charge in [0.15, 0.2) is 0 Å². The molecule has 2 N–H and O–H groups in total. The summed E-state index contributed by atoms with van der Waals surface area (Å²) < 4.78 is 3.82. The average Bonchev–Trinajstić information content (AvgIpc) is 2.66. The Balaban J connectivity index is 2.05. The Hall–Kier alpha value is -1.07. The Morgan fingerprint density at radius 1 is 1.31 bits per heavy atom.